The molecule has 1 aliphatic heterocycles. The number of aliphatic hydroxyl groups is 1. The van der Waals surface area contributed by atoms with E-state index in [0.717, 1.165) is 12.1 Å². The molecule has 31 heavy (non-hydrogen) atoms. The van der Waals surface area contributed by atoms with Gasteiger partial charge in [0.1, 0.15) is 23.3 Å². The molecule has 0 amide bonds. The molecule has 0 atom stereocenters. The van der Waals surface area contributed by atoms with E-state index < -0.39 is 29.4 Å². The molecule has 0 bridgehead atoms. The number of carbonyl (C=O) groups is 1. The Morgan fingerprint density at radius 1 is 1.26 bits per heavy atom. The number of β-amino-alcohol motifs (C(OH)–C–C–N with tert-alkyl or cyclic N) is 1. The highest BCUT2D eigenvalue weighted by Gasteiger charge is 2.39. The number of aliphatic carboxylic acids is 1. The molecule has 14 heteroatoms. The summed E-state index contributed by atoms with van der Waals surface area (Å²) in [4.78, 5) is 13.1. The number of benzene rings is 1. The average Bonchev–Trinajstić information content (AvgIpc) is 3.32. The molecule has 1 fully saturated rings. The minimum absolute atomic E-state index is 0.186. The molecule has 0 radical (unpaired) electrons. The molecule has 166 valence electrons. The van der Waals surface area contributed by atoms with Gasteiger partial charge < -0.3 is 19.9 Å². The fraction of sp³-hybridized carbons (Fsp3) is 0.294. The molecule has 9 nitrogen and oxygen atoms in total. The van der Waals surface area contributed by atoms with Crippen molar-refractivity contribution < 1.29 is 41.4 Å². The fourth-order valence-electron chi connectivity index (χ4n) is 2.44. The first-order chi connectivity index (χ1) is 14.5. The van der Waals surface area contributed by atoms with Crippen molar-refractivity contribution >= 4 is 5.97 Å². The Labute approximate surface area is 170 Å². The molecule has 1 saturated heterocycles. The zero-order valence-corrected chi connectivity index (χ0v) is 15.4. The van der Waals surface area contributed by atoms with E-state index in [-0.39, 0.29) is 12.4 Å². The third kappa shape index (κ3) is 5.21. The second kappa shape index (κ2) is 8.39. The number of nitrogens with one attached hydrogen (secondary N) is 1. The summed E-state index contributed by atoms with van der Waals surface area (Å²) in [6.45, 7) is 1.16. The summed E-state index contributed by atoms with van der Waals surface area (Å²) in [5.74, 6) is -4.46. The number of nitrogens with zero attached hydrogens (tertiary/aromatic N) is 4. The number of carboxylic acid groups (broad SMARTS) is 1. The number of halogens is 5. The lowest BCUT2D eigenvalue weighted by Gasteiger charge is -2.35. The van der Waals surface area contributed by atoms with Gasteiger partial charge in [0, 0.05) is 18.7 Å². The van der Waals surface area contributed by atoms with Crippen LogP contribution in [0.2, 0.25) is 0 Å². The van der Waals surface area contributed by atoms with E-state index >= 15 is 0 Å². The van der Waals surface area contributed by atoms with Crippen LogP contribution in [0.5, 0.6) is 0 Å². The van der Waals surface area contributed by atoms with Gasteiger partial charge in [0.25, 0.3) is 0 Å². The number of rotatable bonds is 4. The first kappa shape index (κ1) is 22.3. The highest BCUT2D eigenvalue weighted by molar-refractivity contribution is 5.73. The van der Waals surface area contributed by atoms with E-state index in [1.165, 1.54) is 17.0 Å². The van der Waals surface area contributed by atoms with Crippen LogP contribution in [-0.4, -0.2) is 55.4 Å². The molecular weight excluding hydrogens is 433 g/mol. The van der Waals surface area contributed by atoms with Gasteiger partial charge in [-0.2, -0.15) is 13.2 Å². The maximum atomic E-state index is 13.3. The van der Waals surface area contributed by atoms with Crippen LogP contribution in [0, 0.1) is 11.6 Å². The van der Waals surface area contributed by atoms with Gasteiger partial charge in [-0.1, -0.05) is 5.21 Å². The van der Waals surface area contributed by atoms with Crippen LogP contribution in [-0.2, 0) is 16.9 Å². The van der Waals surface area contributed by atoms with E-state index in [2.05, 4.69) is 20.6 Å². The van der Waals surface area contributed by atoms with Crippen LogP contribution >= 0.6 is 0 Å². The fourth-order valence-corrected chi connectivity index (χ4v) is 2.44. The summed E-state index contributed by atoms with van der Waals surface area (Å²) in [5.41, 5.74) is 0.406. The van der Waals surface area contributed by atoms with Gasteiger partial charge in [0.2, 0.25) is 5.89 Å². The summed E-state index contributed by atoms with van der Waals surface area (Å²) in [6, 6.07) is 3.43. The molecule has 0 spiro atoms. The number of aromatic nitrogens is 4. The first-order valence-electron chi connectivity index (χ1n) is 8.51. The lowest BCUT2D eigenvalue weighted by Crippen LogP contribution is -2.57. The molecule has 3 aromatic rings. The smallest absolute Gasteiger partial charge is 0.475 e. The minimum Gasteiger partial charge on any atom is -0.475 e. The molecule has 0 aliphatic carbocycles. The molecule has 0 unspecified atom stereocenters. The van der Waals surface area contributed by atoms with Gasteiger partial charge >= 0.3 is 12.1 Å². The summed E-state index contributed by atoms with van der Waals surface area (Å²) in [7, 11) is 0. The Bertz CT molecular complexity index is 1080. The molecule has 2 aromatic heterocycles. The predicted molar refractivity (Wildman–Crippen MR) is 91.4 cm³/mol. The zero-order valence-electron chi connectivity index (χ0n) is 15.4. The first-order valence-corrected chi connectivity index (χ1v) is 8.51. The van der Waals surface area contributed by atoms with Crippen LogP contribution in [0.3, 0.4) is 0 Å². The van der Waals surface area contributed by atoms with E-state index in [1.807, 2.05) is 0 Å². The zero-order chi connectivity index (χ0) is 22.8. The monoisotopic (exact) mass is 447 g/mol. The molecule has 1 aliphatic rings. The Morgan fingerprint density at radius 2 is 1.94 bits per heavy atom. The maximum Gasteiger partial charge on any atom is 0.490 e. The van der Waals surface area contributed by atoms with Gasteiger partial charge in [-0.3, -0.25) is 0 Å². The quantitative estimate of drug-likeness (QED) is 0.516. The number of hydrogen-bond donors (Lipinski definition) is 3. The van der Waals surface area contributed by atoms with Gasteiger partial charge in [0.15, 0.2) is 11.6 Å². The van der Waals surface area contributed by atoms with E-state index in [4.69, 9.17) is 14.3 Å². The second-order valence-electron chi connectivity index (χ2n) is 6.51. The number of alkyl halides is 3. The van der Waals surface area contributed by atoms with Crippen LogP contribution < -0.4 is 5.32 Å². The van der Waals surface area contributed by atoms with Crippen molar-refractivity contribution in [3.05, 3.63) is 53.7 Å². The van der Waals surface area contributed by atoms with Crippen molar-refractivity contribution in [2.45, 2.75) is 18.3 Å². The van der Waals surface area contributed by atoms with Crippen molar-refractivity contribution in [3.8, 4) is 11.5 Å². The highest BCUT2D eigenvalue weighted by Crippen LogP contribution is 2.24. The Kier molecular flexibility index (Phi) is 6.03. The second-order valence-corrected chi connectivity index (χ2v) is 6.51. The molecule has 3 N–H and O–H groups in total. The number of carboxylic acids is 1. The lowest BCUT2D eigenvalue weighted by molar-refractivity contribution is -0.192. The van der Waals surface area contributed by atoms with E-state index in [1.54, 1.807) is 6.20 Å². The van der Waals surface area contributed by atoms with Gasteiger partial charge in [-0.15, -0.1) is 5.10 Å². The van der Waals surface area contributed by atoms with Gasteiger partial charge in [0.05, 0.1) is 12.7 Å². The Balaban J connectivity index is 0.000000339. The molecule has 1 aromatic carbocycles. The van der Waals surface area contributed by atoms with Gasteiger partial charge in [-0.25, -0.2) is 23.2 Å². The minimum atomic E-state index is -5.08. The largest absolute Gasteiger partial charge is 0.490 e. The summed E-state index contributed by atoms with van der Waals surface area (Å²) in [5, 5.41) is 28.2. The number of hydrogen-bond acceptors (Lipinski definition) is 7. The lowest BCUT2D eigenvalue weighted by atomic mass is 9.94. The van der Waals surface area contributed by atoms with Crippen molar-refractivity contribution in [2.75, 3.05) is 13.1 Å². The van der Waals surface area contributed by atoms with Crippen LogP contribution in [0.1, 0.15) is 11.4 Å². The normalized spacial score (nSPS) is 15.0. The van der Waals surface area contributed by atoms with Crippen LogP contribution in [0.4, 0.5) is 22.0 Å². The SMILES string of the molecule is O=C(O)C(F)(F)F.OC1(c2cn(Cc3coc(-c4ccc(F)c(F)c4)n3)nn2)CNC1. The molecule has 3 heterocycles. The third-order valence-electron chi connectivity index (χ3n) is 4.14. The molecule has 4 rings (SSSR count). The Hall–Kier alpha value is -3.39. The third-order valence-corrected chi connectivity index (χ3v) is 4.14. The number of oxazole rings is 1. The van der Waals surface area contributed by atoms with Crippen LogP contribution in [0.15, 0.2) is 35.1 Å². The Morgan fingerprint density at radius 3 is 2.48 bits per heavy atom. The van der Waals surface area contributed by atoms with E-state index in [0.29, 0.717) is 30.0 Å². The van der Waals surface area contributed by atoms with Gasteiger partial charge in [-0.05, 0) is 18.2 Å². The van der Waals surface area contributed by atoms with Crippen molar-refractivity contribution in [3.63, 3.8) is 0 Å². The molecular formula is C17H14F5N5O4. The summed E-state index contributed by atoms with van der Waals surface area (Å²) >= 11 is 0. The standard InChI is InChI=1S/C15H13F2N5O2.C2HF3O2/c16-11-2-1-9(3-12(11)17)14-19-10(6-24-14)4-22-5-13(20-21-22)15(23)7-18-8-15;3-2(4,5)1(6)7/h1-3,5-6,18,23H,4,7-8H2;(H,6,7). The maximum absolute atomic E-state index is 13.3. The molecule has 0 saturated carbocycles. The van der Waals surface area contributed by atoms with Crippen molar-refractivity contribution in [1.82, 2.24) is 25.3 Å². The average molecular weight is 447 g/mol. The summed E-state index contributed by atoms with van der Waals surface area (Å²) < 4.78 is 64.8. The van der Waals surface area contributed by atoms with Crippen molar-refractivity contribution in [1.29, 1.82) is 0 Å². The van der Waals surface area contributed by atoms with Crippen molar-refractivity contribution in [2.24, 2.45) is 0 Å². The predicted octanol–water partition coefficient (Wildman–Crippen LogP) is 1.68. The topological polar surface area (TPSA) is 126 Å². The van der Waals surface area contributed by atoms with Crippen LogP contribution in [0.25, 0.3) is 11.5 Å². The summed E-state index contributed by atoms with van der Waals surface area (Å²) in [6.07, 6.45) is -2.02. The highest BCUT2D eigenvalue weighted by atomic mass is 19.4. The van der Waals surface area contributed by atoms with E-state index in [9.17, 15) is 27.1 Å².